The molecule has 2 saturated heterocycles. The molecule has 2 aliphatic rings. The molecule has 2 aliphatic heterocycles. The van der Waals surface area contributed by atoms with Crippen molar-refractivity contribution in [3.8, 4) is 0 Å². The van der Waals surface area contributed by atoms with E-state index in [-0.39, 0.29) is 47.5 Å². The van der Waals surface area contributed by atoms with Crippen molar-refractivity contribution in [2.24, 2.45) is 10.4 Å². The van der Waals surface area contributed by atoms with Crippen LogP contribution in [0.5, 0.6) is 0 Å². The van der Waals surface area contributed by atoms with Gasteiger partial charge < -0.3 is 20.3 Å². The van der Waals surface area contributed by atoms with Gasteiger partial charge in [-0.3, -0.25) is 9.79 Å². The van der Waals surface area contributed by atoms with E-state index in [2.05, 4.69) is 27.4 Å². The van der Waals surface area contributed by atoms with E-state index in [4.69, 9.17) is 4.74 Å². The van der Waals surface area contributed by atoms with Crippen molar-refractivity contribution in [3.63, 3.8) is 0 Å². The lowest BCUT2D eigenvalue weighted by Gasteiger charge is -2.25. The highest BCUT2D eigenvalue weighted by atomic mass is 127. The molecule has 1 aromatic carbocycles. The van der Waals surface area contributed by atoms with Crippen LogP contribution < -0.4 is 10.6 Å². The summed E-state index contributed by atoms with van der Waals surface area (Å²) in [5.74, 6) is 0.459. The highest BCUT2D eigenvalue weighted by Gasteiger charge is 2.42. The molecule has 2 N–H and O–H groups in total. The second kappa shape index (κ2) is 10.9. The fourth-order valence-corrected chi connectivity index (χ4v) is 3.77. The third-order valence-corrected chi connectivity index (χ3v) is 5.21. The molecule has 3 rings (SSSR count). The van der Waals surface area contributed by atoms with Crippen LogP contribution >= 0.6 is 24.0 Å². The zero-order valence-electron chi connectivity index (χ0n) is 16.4. The smallest absolute Gasteiger partial charge is 0.224 e. The van der Waals surface area contributed by atoms with Crippen LogP contribution in [0.4, 0.5) is 4.39 Å². The first-order chi connectivity index (χ1) is 13.1. The summed E-state index contributed by atoms with van der Waals surface area (Å²) in [6.07, 6.45) is 2.44. The van der Waals surface area contributed by atoms with Crippen molar-refractivity contribution in [2.45, 2.75) is 26.2 Å². The van der Waals surface area contributed by atoms with Crippen molar-refractivity contribution in [2.75, 3.05) is 45.9 Å². The predicted molar refractivity (Wildman–Crippen MR) is 119 cm³/mol. The standard InChI is InChI=1S/C20H29FN4O2.HI/c1-2-22-19(25-10-6-20(14-25)7-11-27-15-20)24-9-8-23-18(26)13-16-4-3-5-17(21)12-16;/h3-5,12H,2,6-11,13-15H2,1H3,(H,22,24)(H,23,26);1H. The number of nitrogens with zero attached hydrogens (tertiary/aromatic N) is 2. The van der Waals surface area contributed by atoms with Gasteiger partial charge in [0.2, 0.25) is 5.91 Å². The lowest BCUT2D eigenvalue weighted by atomic mass is 9.87. The number of carbonyl (C=O) groups is 1. The summed E-state index contributed by atoms with van der Waals surface area (Å²) >= 11 is 0. The van der Waals surface area contributed by atoms with Gasteiger partial charge in [0.1, 0.15) is 5.82 Å². The Balaban J connectivity index is 0.00000280. The normalized spacial score (nSPS) is 21.6. The number of rotatable bonds is 6. The largest absolute Gasteiger partial charge is 0.381 e. The van der Waals surface area contributed by atoms with Gasteiger partial charge in [-0.2, -0.15) is 0 Å². The van der Waals surface area contributed by atoms with Gasteiger partial charge in [-0.05, 0) is 37.5 Å². The van der Waals surface area contributed by atoms with Gasteiger partial charge in [-0.1, -0.05) is 12.1 Å². The molecule has 6 nitrogen and oxygen atoms in total. The van der Waals surface area contributed by atoms with Gasteiger partial charge in [0.15, 0.2) is 5.96 Å². The number of ether oxygens (including phenoxy) is 1. The summed E-state index contributed by atoms with van der Waals surface area (Å²) in [7, 11) is 0. The lowest BCUT2D eigenvalue weighted by molar-refractivity contribution is -0.120. The fourth-order valence-electron chi connectivity index (χ4n) is 3.77. The first-order valence-corrected chi connectivity index (χ1v) is 9.72. The predicted octanol–water partition coefficient (Wildman–Crippen LogP) is 2.18. The van der Waals surface area contributed by atoms with Gasteiger partial charge in [-0.25, -0.2) is 4.39 Å². The van der Waals surface area contributed by atoms with Crippen LogP contribution in [-0.4, -0.2) is 62.7 Å². The Morgan fingerprint density at radius 2 is 2.21 bits per heavy atom. The minimum atomic E-state index is -0.323. The van der Waals surface area contributed by atoms with E-state index in [1.54, 1.807) is 12.1 Å². The number of hydrogen-bond donors (Lipinski definition) is 2. The minimum Gasteiger partial charge on any atom is -0.381 e. The quantitative estimate of drug-likeness (QED) is 0.270. The molecule has 0 bridgehead atoms. The zero-order chi connectivity index (χ0) is 19.1. The molecule has 0 saturated carbocycles. The second-order valence-electron chi connectivity index (χ2n) is 7.37. The Kier molecular flexibility index (Phi) is 8.94. The summed E-state index contributed by atoms with van der Waals surface area (Å²) in [6, 6.07) is 6.12. The SMILES string of the molecule is CCNC(=NCCNC(=O)Cc1cccc(F)c1)N1CCC2(CCOC2)C1.I. The van der Waals surface area contributed by atoms with E-state index >= 15 is 0 Å². The number of halogens is 2. The maximum absolute atomic E-state index is 13.2. The van der Waals surface area contributed by atoms with Crippen LogP contribution in [0.15, 0.2) is 29.3 Å². The average molecular weight is 504 g/mol. The zero-order valence-corrected chi connectivity index (χ0v) is 18.7. The molecule has 2 heterocycles. The van der Waals surface area contributed by atoms with Crippen molar-refractivity contribution >= 4 is 35.8 Å². The maximum atomic E-state index is 13.2. The Labute approximate surface area is 183 Å². The van der Waals surface area contributed by atoms with Gasteiger partial charge in [-0.15, -0.1) is 24.0 Å². The molecule has 8 heteroatoms. The monoisotopic (exact) mass is 504 g/mol. The van der Waals surface area contributed by atoms with Crippen LogP contribution in [0.1, 0.15) is 25.3 Å². The Morgan fingerprint density at radius 3 is 2.93 bits per heavy atom. The highest BCUT2D eigenvalue weighted by molar-refractivity contribution is 14.0. The maximum Gasteiger partial charge on any atom is 0.224 e. The summed E-state index contributed by atoms with van der Waals surface area (Å²) in [6.45, 7) is 7.51. The van der Waals surface area contributed by atoms with Crippen LogP contribution in [-0.2, 0) is 16.0 Å². The summed E-state index contributed by atoms with van der Waals surface area (Å²) in [5, 5.41) is 6.20. The van der Waals surface area contributed by atoms with Crippen LogP contribution in [0, 0.1) is 11.2 Å². The Bertz CT molecular complexity index is 680. The van der Waals surface area contributed by atoms with Crippen molar-refractivity contribution in [3.05, 3.63) is 35.6 Å². The number of likely N-dealkylation sites (tertiary alicyclic amines) is 1. The minimum absolute atomic E-state index is 0. The van der Waals surface area contributed by atoms with Crippen LogP contribution in [0.2, 0.25) is 0 Å². The summed E-state index contributed by atoms with van der Waals surface area (Å²) in [4.78, 5) is 19.0. The molecule has 0 radical (unpaired) electrons. The number of amides is 1. The fraction of sp³-hybridized carbons (Fsp3) is 0.600. The van der Waals surface area contributed by atoms with E-state index in [0.29, 0.717) is 18.7 Å². The summed E-state index contributed by atoms with van der Waals surface area (Å²) in [5.41, 5.74) is 0.959. The first kappa shape index (κ1) is 22.9. The molecule has 1 spiro atoms. The second-order valence-corrected chi connectivity index (χ2v) is 7.37. The van der Waals surface area contributed by atoms with Gasteiger partial charge >= 0.3 is 0 Å². The van der Waals surface area contributed by atoms with Gasteiger partial charge in [0.05, 0.1) is 19.6 Å². The summed E-state index contributed by atoms with van der Waals surface area (Å²) < 4.78 is 18.8. The molecule has 1 atom stereocenters. The van der Waals surface area contributed by atoms with Crippen molar-refractivity contribution < 1.29 is 13.9 Å². The van der Waals surface area contributed by atoms with Crippen LogP contribution in [0.25, 0.3) is 0 Å². The van der Waals surface area contributed by atoms with E-state index in [1.165, 1.54) is 12.1 Å². The Hall–Kier alpha value is -1.42. The molecule has 28 heavy (non-hydrogen) atoms. The number of guanidine groups is 1. The number of nitrogens with one attached hydrogen (secondary N) is 2. The van der Waals surface area contributed by atoms with E-state index in [1.807, 2.05) is 0 Å². The molecule has 1 unspecified atom stereocenters. The topological polar surface area (TPSA) is 66.0 Å². The molecule has 156 valence electrons. The molecule has 1 aromatic rings. The first-order valence-electron chi connectivity index (χ1n) is 9.72. The highest BCUT2D eigenvalue weighted by Crippen LogP contribution is 2.38. The molecule has 0 aromatic heterocycles. The van der Waals surface area contributed by atoms with E-state index in [0.717, 1.165) is 51.6 Å². The van der Waals surface area contributed by atoms with Gasteiger partial charge in [0, 0.05) is 38.2 Å². The third kappa shape index (κ3) is 6.30. The number of hydrogen-bond acceptors (Lipinski definition) is 3. The third-order valence-electron chi connectivity index (χ3n) is 5.21. The van der Waals surface area contributed by atoms with Gasteiger partial charge in [0.25, 0.3) is 0 Å². The van der Waals surface area contributed by atoms with Crippen molar-refractivity contribution in [1.29, 1.82) is 0 Å². The lowest BCUT2D eigenvalue weighted by Crippen LogP contribution is -2.42. The molecular weight excluding hydrogens is 474 g/mol. The average Bonchev–Trinajstić information content (AvgIpc) is 3.28. The van der Waals surface area contributed by atoms with Crippen molar-refractivity contribution in [1.82, 2.24) is 15.5 Å². The number of benzene rings is 1. The molecular formula is C20H30FIN4O2. The Morgan fingerprint density at radius 1 is 1.36 bits per heavy atom. The number of aliphatic imine (C=N–C) groups is 1. The molecule has 0 aliphatic carbocycles. The number of carbonyl (C=O) groups excluding carboxylic acids is 1. The molecule has 1 amide bonds. The van der Waals surface area contributed by atoms with E-state index < -0.39 is 0 Å². The van der Waals surface area contributed by atoms with Crippen LogP contribution in [0.3, 0.4) is 0 Å². The van der Waals surface area contributed by atoms with E-state index in [9.17, 15) is 9.18 Å². The molecule has 2 fully saturated rings.